The van der Waals surface area contributed by atoms with Crippen LogP contribution in [0.4, 0.5) is 0 Å². The highest BCUT2D eigenvalue weighted by Gasteiger charge is 2.09. The third-order valence-electron chi connectivity index (χ3n) is 2.46. The van der Waals surface area contributed by atoms with E-state index in [0.717, 1.165) is 6.08 Å². The van der Waals surface area contributed by atoms with Crippen LogP contribution in [0.2, 0.25) is 0 Å². The highest BCUT2D eigenvalue weighted by Crippen LogP contribution is 2.30. The van der Waals surface area contributed by atoms with Gasteiger partial charge < -0.3 is 15.2 Å². The van der Waals surface area contributed by atoms with Crippen LogP contribution in [0.3, 0.4) is 0 Å². The Hall–Kier alpha value is -1.82. The molecule has 0 spiro atoms. The van der Waals surface area contributed by atoms with E-state index in [1.54, 1.807) is 18.2 Å². The summed E-state index contributed by atoms with van der Waals surface area (Å²) in [6.07, 6.45) is 2.45. The number of carbonyl (C=O) groups excluding carboxylic acids is 1. The molecule has 0 atom stereocenters. The highest BCUT2D eigenvalue weighted by atomic mass is 79.9. The summed E-state index contributed by atoms with van der Waals surface area (Å²) in [4.78, 5) is 22.2. The number of carbonyl (C=O) groups is 2. The zero-order valence-corrected chi connectivity index (χ0v) is 13.5. The van der Waals surface area contributed by atoms with Crippen molar-refractivity contribution in [3.8, 4) is 5.75 Å². The molecular formula is C15H18BrNO4. The summed E-state index contributed by atoms with van der Waals surface area (Å²) in [5, 5.41) is 11.4. The fourth-order valence-electron chi connectivity index (χ4n) is 1.48. The Morgan fingerprint density at radius 1 is 1.43 bits per heavy atom. The quantitative estimate of drug-likeness (QED) is 0.737. The lowest BCUT2D eigenvalue weighted by molar-refractivity contribution is -0.131. The Morgan fingerprint density at radius 2 is 2.14 bits per heavy atom. The van der Waals surface area contributed by atoms with Gasteiger partial charge in [-0.2, -0.15) is 0 Å². The summed E-state index contributed by atoms with van der Waals surface area (Å²) in [5.74, 6) is -0.454. The van der Waals surface area contributed by atoms with Crippen LogP contribution in [0.5, 0.6) is 5.75 Å². The van der Waals surface area contributed by atoms with Gasteiger partial charge in [-0.05, 0) is 34.0 Å². The number of hydrogen-bond donors (Lipinski definition) is 2. The molecule has 6 heteroatoms. The van der Waals surface area contributed by atoms with Crippen molar-refractivity contribution >= 4 is 33.9 Å². The highest BCUT2D eigenvalue weighted by molar-refractivity contribution is 9.10. The third-order valence-corrected chi connectivity index (χ3v) is 3.08. The van der Waals surface area contributed by atoms with Gasteiger partial charge in [0.1, 0.15) is 5.75 Å². The maximum Gasteiger partial charge on any atom is 0.328 e. The van der Waals surface area contributed by atoms with E-state index in [1.807, 2.05) is 13.8 Å². The van der Waals surface area contributed by atoms with Gasteiger partial charge in [-0.15, -0.1) is 0 Å². The van der Waals surface area contributed by atoms with Gasteiger partial charge in [0, 0.05) is 18.2 Å². The SMILES string of the molecule is CC(C)CNC(=O)COc1c(Br)cccc1C=CC(=O)O. The van der Waals surface area contributed by atoms with Crippen molar-refractivity contribution < 1.29 is 19.4 Å². The van der Waals surface area contributed by atoms with Crippen LogP contribution in [-0.2, 0) is 9.59 Å². The molecule has 0 saturated heterocycles. The molecule has 0 aliphatic carbocycles. The van der Waals surface area contributed by atoms with E-state index < -0.39 is 5.97 Å². The Morgan fingerprint density at radius 3 is 2.76 bits per heavy atom. The standard InChI is InChI=1S/C15H18BrNO4/c1-10(2)8-17-13(18)9-21-15-11(6-7-14(19)20)4-3-5-12(15)16/h3-7,10H,8-9H2,1-2H3,(H,17,18)(H,19,20). The number of nitrogens with one attached hydrogen (secondary N) is 1. The van der Waals surface area contributed by atoms with E-state index in [0.29, 0.717) is 28.2 Å². The molecule has 114 valence electrons. The molecule has 0 heterocycles. The predicted molar refractivity (Wildman–Crippen MR) is 84.2 cm³/mol. The third kappa shape index (κ3) is 6.44. The van der Waals surface area contributed by atoms with Crippen LogP contribution >= 0.6 is 15.9 Å². The minimum atomic E-state index is -1.05. The van der Waals surface area contributed by atoms with E-state index in [4.69, 9.17) is 9.84 Å². The topological polar surface area (TPSA) is 75.6 Å². The van der Waals surface area contributed by atoms with E-state index in [2.05, 4.69) is 21.2 Å². The van der Waals surface area contributed by atoms with Crippen LogP contribution in [0.15, 0.2) is 28.7 Å². The summed E-state index contributed by atoms with van der Waals surface area (Å²) in [7, 11) is 0. The van der Waals surface area contributed by atoms with Gasteiger partial charge in [-0.1, -0.05) is 26.0 Å². The molecule has 1 aromatic rings. The summed E-state index contributed by atoms with van der Waals surface area (Å²) < 4.78 is 6.15. The maximum atomic E-state index is 11.6. The van der Waals surface area contributed by atoms with E-state index in [9.17, 15) is 9.59 Å². The lowest BCUT2D eigenvalue weighted by Gasteiger charge is -2.12. The first kappa shape index (κ1) is 17.2. The average Bonchev–Trinajstić information content (AvgIpc) is 2.41. The van der Waals surface area contributed by atoms with Gasteiger partial charge in [0.05, 0.1) is 4.47 Å². The zero-order valence-electron chi connectivity index (χ0n) is 11.9. The predicted octanol–water partition coefficient (Wildman–Crippen LogP) is 2.70. The molecular weight excluding hydrogens is 338 g/mol. The lowest BCUT2D eigenvalue weighted by atomic mass is 10.2. The minimum Gasteiger partial charge on any atom is -0.482 e. The van der Waals surface area contributed by atoms with E-state index in [1.165, 1.54) is 6.08 Å². The van der Waals surface area contributed by atoms with Crippen LogP contribution < -0.4 is 10.1 Å². The molecule has 0 aromatic heterocycles. The molecule has 1 aromatic carbocycles. The summed E-state index contributed by atoms with van der Waals surface area (Å²) in [6.45, 7) is 4.47. The minimum absolute atomic E-state index is 0.122. The molecule has 0 unspecified atom stereocenters. The molecule has 2 N–H and O–H groups in total. The Bertz CT molecular complexity index is 540. The van der Waals surface area contributed by atoms with Crippen molar-refractivity contribution in [1.82, 2.24) is 5.32 Å². The smallest absolute Gasteiger partial charge is 0.328 e. The lowest BCUT2D eigenvalue weighted by Crippen LogP contribution is -2.31. The Balaban J connectivity index is 2.73. The second kappa shape index (κ2) is 8.46. The van der Waals surface area contributed by atoms with Crippen LogP contribution in [-0.4, -0.2) is 30.1 Å². The Kier molecular flexibility index (Phi) is 6.94. The van der Waals surface area contributed by atoms with Crippen LogP contribution in [0.25, 0.3) is 6.08 Å². The van der Waals surface area contributed by atoms with Crippen molar-refractivity contribution in [3.05, 3.63) is 34.3 Å². The number of para-hydroxylation sites is 1. The first-order chi connectivity index (χ1) is 9.90. The number of carboxylic acid groups (broad SMARTS) is 1. The summed E-state index contributed by atoms with van der Waals surface area (Å²) in [5.41, 5.74) is 0.587. The van der Waals surface area contributed by atoms with Gasteiger partial charge in [-0.25, -0.2) is 4.79 Å². The molecule has 0 saturated carbocycles. The molecule has 1 amide bonds. The number of ether oxygens (including phenoxy) is 1. The van der Waals surface area contributed by atoms with Crippen molar-refractivity contribution in [2.24, 2.45) is 5.92 Å². The fraction of sp³-hybridized carbons (Fsp3) is 0.333. The second-order valence-electron chi connectivity index (χ2n) is 4.82. The van der Waals surface area contributed by atoms with Gasteiger partial charge in [0.25, 0.3) is 5.91 Å². The molecule has 0 aliphatic heterocycles. The van der Waals surface area contributed by atoms with Gasteiger partial charge >= 0.3 is 5.97 Å². The maximum absolute atomic E-state index is 11.6. The largest absolute Gasteiger partial charge is 0.482 e. The number of hydrogen-bond acceptors (Lipinski definition) is 3. The normalized spacial score (nSPS) is 10.9. The van der Waals surface area contributed by atoms with E-state index >= 15 is 0 Å². The van der Waals surface area contributed by atoms with E-state index in [-0.39, 0.29) is 12.5 Å². The number of rotatable bonds is 7. The Labute approximate surface area is 132 Å². The first-order valence-corrected chi connectivity index (χ1v) is 7.28. The second-order valence-corrected chi connectivity index (χ2v) is 5.67. The molecule has 21 heavy (non-hydrogen) atoms. The number of carboxylic acids is 1. The number of aliphatic carboxylic acids is 1. The first-order valence-electron chi connectivity index (χ1n) is 6.49. The molecule has 0 aliphatic rings. The van der Waals surface area contributed by atoms with Crippen LogP contribution in [0.1, 0.15) is 19.4 Å². The number of benzene rings is 1. The van der Waals surface area contributed by atoms with Crippen molar-refractivity contribution in [2.45, 2.75) is 13.8 Å². The van der Waals surface area contributed by atoms with Gasteiger partial charge in [-0.3, -0.25) is 4.79 Å². The monoisotopic (exact) mass is 355 g/mol. The number of amides is 1. The van der Waals surface area contributed by atoms with Crippen molar-refractivity contribution in [2.75, 3.05) is 13.2 Å². The molecule has 0 fully saturated rings. The zero-order chi connectivity index (χ0) is 15.8. The summed E-state index contributed by atoms with van der Waals surface area (Å²) in [6, 6.07) is 5.24. The summed E-state index contributed by atoms with van der Waals surface area (Å²) >= 11 is 3.33. The van der Waals surface area contributed by atoms with Gasteiger partial charge in [0.2, 0.25) is 0 Å². The van der Waals surface area contributed by atoms with Gasteiger partial charge in [0.15, 0.2) is 6.61 Å². The fourth-order valence-corrected chi connectivity index (χ4v) is 1.97. The average molecular weight is 356 g/mol. The molecule has 1 rings (SSSR count). The molecule has 5 nitrogen and oxygen atoms in total. The molecule has 0 bridgehead atoms. The van der Waals surface area contributed by atoms with Crippen LogP contribution in [0, 0.1) is 5.92 Å². The number of halogens is 1. The van der Waals surface area contributed by atoms with Crippen molar-refractivity contribution in [1.29, 1.82) is 0 Å². The molecule has 0 radical (unpaired) electrons. The van der Waals surface area contributed by atoms with Crippen molar-refractivity contribution in [3.63, 3.8) is 0 Å².